The predicted molar refractivity (Wildman–Crippen MR) is 97.2 cm³/mol. The molecule has 6 nitrogen and oxygen atoms in total. The molecule has 0 aromatic heterocycles. The Kier molecular flexibility index (Phi) is 5.88. The van der Waals surface area contributed by atoms with Gasteiger partial charge in [-0.25, -0.2) is 0 Å². The van der Waals surface area contributed by atoms with E-state index in [-0.39, 0.29) is 5.17 Å². The Labute approximate surface area is 139 Å². The quantitative estimate of drug-likeness (QED) is 0.383. The Hall–Kier alpha value is -3.38. The molecule has 0 amide bonds. The van der Waals surface area contributed by atoms with E-state index in [1.54, 1.807) is 30.3 Å². The highest BCUT2D eigenvalue weighted by atomic mass is 16.6. The molecule has 0 bridgehead atoms. The molecule has 3 rings (SSSR count). The summed E-state index contributed by atoms with van der Waals surface area (Å²) in [6.45, 7) is 0. The van der Waals surface area contributed by atoms with Crippen LogP contribution in [0.4, 0.5) is 17.1 Å². The van der Waals surface area contributed by atoms with Crippen molar-refractivity contribution >= 4 is 17.1 Å². The molecule has 3 aromatic carbocycles. The van der Waals surface area contributed by atoms with Gasteiger partial charge in [0.15, 0.2) is 0 Å². The van der Waals surface area contributed by atoms with E-state index < -0.39 is 0 Å². The molecule has 0 heterocycles. The third-order valence-corrected chi connectivity index (χ3v) is 3.23. The van der Waals surface area contributed by atoms with Crippen LogP contribution in [0.2, 0.25) is 0 Å². The zero-order chi connectivity index (χ0) is 17.4. The Morgan fingerprint density at radius 1 is 0.833 bits per heavy atom. The van der Waals surface area contributed by atoms with Crippen molar-refractivity contribution in [3.05, 3.63) is 83.8 Å². The van der Waals surface area contributed by atoms with E-state index in [1.807, 2.05) is 48.5 Å². The number of rotatable bonds is 3. The van der Waals surface area contributed by atoms with E-state index in [1.165, 1.54) is 0 Å². The normalized spacial score (nSPS) is 9.54. The molecule has 24 heavy (non-hydrogen) atoms. The summed E-state index contributed by atoms with van der Waals surface area (Å²) in [5.41, 5.74) is 15.5. The first-order valence-corrected chi connectivity index (χ1v) is 7.19. The maximum atomic E-state index is 9.73. The minimum absolute atomic E-state index is 0.278. The number of nitrogens with two attached hydrogens (primary N) is 2. The van der Waals surface area contributed by atoms with Gasteiger partial charge in [-0.3, -0.25) is 5.21 Å². The Balaban J connectivity index is 0.000000185. The summed E-state index contributed by atoms with van der Waals surface area (Å²) in [6.07, 6.45) is 0. The lowest BCUT2D eigenvalue weighted by Crippen LogP contribution is -2.06. The first-order chi connectivity index (χ1) is 11.6. The first-order valence-electron chi connectivity index (χ1n) is 7.19. The molecule has 3 aromatic rings. The van der Waals surface area contributed by atoms with Crippen molar-refractivity contribution in [2.24, 2.45) is 5.29 Å². The largest absolute Gasteiger partial charge is 0.399 e. The number of hydrogen-bond donors (Lipinski definition) is 3. The summed E-state index contributed by atoms with van der Waals surface area (Å²) in [5.74, 6) is 0. The lowest BCUT2D eigenvalue weighted by molar-refractivity contribution is 0.258. The molecule has 0 atom stereocenters. The standard InChI is InChI=1S/C12H12N2.C6H6N2O2/c13-10-6-7-12(14)11(8-10)9-4-2-1-3-5-9;9-7-8(10)6-4-2-1-3-5-6/h1-8H,13-14H2;1-5,10H. The van der Waals surface area contributed by atoms with Crippen molar-refractivity contribution < 1.29 is 5.21 Å². The van der Waals surface area contributed by atoms with Gasteiger partial charge in [0, 0.05) is 16.9 Å². The van der Waals surface area contributed by atoms with E-state index in [0.717, 1.165) is 22.5 Å². The molecular formula is C18H18N4O2. The molecule has 122 valence electrons. The smallest absolute Gasteiger partial charge is 0.0932 e. The van der Waals surface area contributed by atoms with E-state index in [2.05, 4.69) is 5.29 Å². The zero-order valence-corrected chi connectivity index (χ0v) is 12.9. The molecule has 0 radical (unpaired) electrons. The zero-order valence-electron chi connectivity index (χ0n) is 12.9. The summed E-state index contributed by atoms with van der Waals surface area (Å²) < 4.78 is 0. The summed E-state index contributed by atoms with van der Waals surface area (Å²) in [5, 5.41) is 11.3. The van der Waals surface area contributed by atoms with Crippen LogP contribution in [-0.4, -0.2) is 5.21 Å². The van der Waals surface area contributed by atoms with Crippen LogP contribution in [0.3, 0.4) is 0 Å². The lowest BCUT2D eigenvalue weighted by Gasteiger charge is -2.06. The van der Waals surface area contributed by atoms with Crippen molar-refractivity contribution in [1.29, 1.82) is 0 Å². The van der Waals surface area contributed by atoms with Gasteiger partial charge < -0.3 is 11.5 Å². The molecule has 0 saturated heterocycles. The second kappa shape index (κ2) is 8.30. The second-order valence-corrected chi connectivity index (χ2v) is 4.92. The molecule has 0 aliphatic rings. The molecule has 5 N–H and O–H groups in total. The van der Waals surface area contributed by atoms with Crippen LogP contribution in [0, 0.1) is 4.91 Å². The highest BCUT2D eigenvalue weighted by Crippen LogP contribution is 2.27. The number of hydrogen-bond acceptors (Lipinski definition) is 5. The van der Waals surface area contributed by atoms with Crippen LogP contribution in [-0.2, 0) is 0 Å². The highest BCUT2D eigenvalue weighted by molar-refractivity contribution is 5.79. The summed E-state index contributed by atoms with van der Waals surface area (Å²) in [7, 11) is 0. The van der Waals surface area contributed by atoms with Crippen molar-refractivity contribution in [2.75, 3.05) is 16.6 Å². The third-order valence-electron chi connectivity index (χ3n) is 3.23. The predicted octanol–water partition coefficient (Wildman–Crippen LogP) is 4.08. The average Bonchev–Trinajstić information content (AvgIpc) is 2.65. The number of nitrogens with zero attached hydrogens (tertiary/aromatic N) is 2. The highest BCUT2D eigenvalue weighted by Gasteiger charge is 2.01. The molecule has 0 aliphatic heterocycles. The average molecular weight is 322 g/mol. The minimum Gasteiger partial charge on any atom is -0.399 e. The summed E-state index contributed by atoms with van der Waals surface area (Å²) in [6, 6.07) is 23.8. The Morgan fingerprint density at radius 3 is 2.00 bits per heavy atom. The van der Waals surface area contributed by atoms with Gasteiger partial charge in [0.2, 0.25) is 0 Å². The van der Waals surface area contributed by atoms with Gasteiger partial charge in [0.25, 0.3) is 0 Å². The van der Waals surface area contributed by atoms with E-state index in [0.29, 0.717) is 5.69 Å². The van der Waals surface area contributed by atoms with Crippen molar-refractivity contribution in [3.8, 4) is 11.1 Å². The molecule has 0 aliphatic carbocycles. The van der Waals surface area contributed by atoms with Crippen LogP contribution in [0.25, 0.3) is 11.1 Å². The van der Waals surface area contributed by atoms with Gasteiger partial charge in [0.1, 0.15) is 0 Å². The molecule has 0 spiro atoms. The van der Waals surface area contributed by atoms with E-state index in [9.17, 15) is 4.91 Å². The van der Waals surface area contributed by atoms with Gasteiger partial charge in [-0.1, -0.05) is 48.5 Å². The monoisotopic (exact) mass is 322 g/mol. The topological polar surface area (TPSA) is 105 Å². The van der Waals surface area contributed by atoms with Gasteiger partial charge in [0.05, 0.1) is 11.0 Å². The number of para-hydroxylation sites is 1. The molecular weight excluding hydrogens is 304 g/mol. The SMILES string of the molecule is Nc1ccc(N)c(-c2ccccc2)c1.O=NN(O)c1ccccc1. The third kappa shape index (κ3) is 4.56. The summed E-state index contributed by atoms with van der Waals surface area (Å²) in [4.78, 5) is 9.73. The van der Waals surface area contributed by atoms with E-state index >= 15 is 0 Å². The Morgan fingerprint density at radius 2 is 1.42 bits per heavy atom. The molecule has 0 fully saturated rings. The van der Waals surface area contributed by atoms with Crippen LogP contribution >= 0.6 is 0 Å². The molecule has 0 saturated carbocycles. The van der Waals surface area contributed by atoms with Crippen LogP contribution in [0.1, 0.15) is 0 Å². The van der Waals surface area contributed by atoms with Crippen molar-refractivity contribution in [3.63, 3.8) is 0 Å². The number of benzene rings is 3. The number of nitrogen functional groups attached to an aromatic ring is 2. The van der Waals surface area contributed by atoms with Crippen molar-refractivity contribution in [2.45, 2.75) is 0 Å². The second-order valence-electron chi connectivity index (χ2n) is 4.92. The van der Waals surface area contributed by atoms with Gasteiger partial charge in [-0.2, -0.15) is 0 Å². The van der Waals surface area contributed by atoms with Crippen LogP contribution in [0.5, 0.6) is 0 Å². The number of anilines is 3. The maximum absolute atomic E-state index is 9.73. The number of nitroso groups, excluding NO2 is 1. The maximum Gasteiger partial charge on any atom is 0.0932 e. The Bertz CT molecular complexity index is 780. The fourth-order valence-corrected chi connectivity index (χ4v) is 2.05. The fraction of sp³-hybridized carbons (Fsp3) is 0. The van der Waals surface area contributed by atoms with Crippen LogP contribution in [0.15, 0.2) is 84.1 Å². The lowest BCUT2D eigenvalue weighted by atomic mass is 10.0. The summed E-state index contributed by atoms with van der Waals surface area (Å²) >= 11 is 0. The van der Waals surface area contributed by atoms with Gasteiger partial charge >= 0.3 is 0 Å². The van der Waals surface area contributed by atoms with Crippen molar-refractivity contribution in [1.82, 2.24) is 0 Å². The van der Waals surface area contributed by atoms with Gasteiger partial charge in [-0.05, 0) is 35.9 Å². The molecule has 6 heteroatoms. The minimum atomic E-state index is 0.278. The van der Waals surface area contributed by atoms with E-state index in [4.69, 9.17) is 16.7 Å². The molecule has 0 unspecified atom stereocenters. The first kappa shape index (κ1) is 17.0. The van der Waals surface area contributed by atoms with Gasteiger partial charge in [-0.15, -0.1) is 10.1 Å². The van der Waals surface area contributed by atoms with Crippen LogP contribution < -0.4 is 16.6 Å². The fourth-order valence-electron chi connectivity index (χ4n) is 2.05.